The molecule has 5 nitrogen and oxygen atoms in total. The molecule has 0 heterocycles. The summed E-state index contributed by atoms with van der Waals surface area (Å²) in [5, 5.41) is 2.99. The van der Waals surface area contributed by atoms with Crippen LogP contribution in [0.1, 0.15) is 59.3 Å². The zero-order chi connectivity index (χ0) is 24.7. The van der Waals surface area contributed by atoms with E-state index in [2.05, 4.69) is 24.4 Å². The highest BCUT2D eigenvalue weighted by Crippen LogP contribution is 2.30. The highest BCUT2D eigenvalue weighted by molar-refractivity contribution is 7.92. The summed E-state index contributed by atoms with van der Waals surface area (Å²) in [5.74, 6) is 0.0676. The number of nitrogens with zero attached hydrogens (tertiary/aromatic N) is 1. The average Bonchev–Trinajstić information content (AvgIpc) is 2.85. The summed E-state index contributed by atoms with van der Waals surface area (Å²) in [4.78, 5) is 12.6. The highest BCUT2D eigenvalue weighted by Gasteiger charge is 2.23. The third-order valence-corrected chi connectivity index (χ3v) is 7.21. The van der Waals surface area contributed by atoms with Gasteiger partial charge < -0.3 is 5.32 Å². The maximum Gasteiger partial charge on any atom is 0.251 e. The second kappa shape index (κ2) is 11.3. The first-order valence-electron chi connectivity index (χ1n) is 11.7. The molecule has 1 atom stereocenters. The fraction of sp³-hybridized carbons (Fsp3) is 0.321. The van der Waals surface area contributed by atoms with E-state index in [4.69, 9.17) is 0 Å². The minimum atomic E-state index is -3.50. The predicted molar refractivity (Wildman–Crippen MR) is 140 cm³/mol. The molecule has 1 N–H and O–H groups in total. The Morgan fingerprint density at radius 1 is 0.882 bits per heavy atom. The van der Waals surface area contributed by atoms with Crippen molar-refractivity contribution in [2.24, 2.45) is 0 Å². The number of para-hydroxylation sites is 1. The van der Waals surface area contributed by atoms with E-state index in [0.29, 0.717) is 12.1 Å². The average molecular weight is 479 g/mol. The monoisotopic (exact) mass is 478 g/mol. The Labute approximate surface area is 203 Å². The molecule has 0 saturated carbocycles. The van der Waals surface area contributed by atoms with Crippen LogP contribution in [0.25, 0.3) is 0 Å². The van der Waals surface area contributed by atoms with E-state index < -0.39 is 10.0 Å². The lowest BCUT2D eigenvalue weighted by molar-refractivity contribution is 0.0951. The lowest BCUT2D eigenvalue weighted by Gasteiger charge is -2.27. The van der Waals surface area contributed by atoms with Gasteiger partial charge in [0.05, 0.1) is 18.5 Å². The first kappa shape index (κ1) is 25.5. The summed E-state index contributed by atoms with van der Waals surface area (Å²) in [6.07, 6.45) is 2.74. The van der Waals surface area contributed by atoms with Crippen molar-refractivity contribution in [2.45, 2.75) is 46.1 Å². The van der Waals surface area contributed by atoms with Crippen LogP contribution in [0.4, 0.5) is 5.69 Å². The lowest BCUT2D eigenvalue weighted by Crippen LogP contribution is -2.31. The number of aryl methyl sites for hydroxylation is 2. The van der Waals surface area contributed by atoms with Gasteiger partial charge in [-0.1, -0.05) is 81.4 Å². The summed E-state index contributed by atoms with van der Waals surface area (Å²) < 4.78 is 27.0. The molecule has 0 radical (unpaired) electrons. The number of nitrogens with one attached hydrogen (secondary N) is 1. The summed E-state index contributed by atoms with van der Waals surface area (Å²) >= 11 is 0. The number of anilines is 1. The molecule has 3 aromatic rings. The second-order valence-electron chi connectivity index (χ2n) is 8.62. The number of carbonyl (C=O) groups excluding carboxylic acids is 1. The number of amides is 1. The minimum Gasteiger partial charge on any atom is -0.351 e. The number of carbonyl (C=O) groups is 1. The standard InChI is InChI=1S/C28H34N2O3S/c1-5-23-13-10-14-24(6-2)27(23)30(34(4,32)33)20-22-15-17-26(18-16-22)28(31)29-19-21(3)25-11-8-7-9-12-25/h7-18,21H,5-6,19-20H2,1-4H3,(H,29,31)/t21-/m1/s1. The summed E-state index contributed by atoms with van der Waals surface area (Å²) in [6.45, 7) is 6.91. The van der Waals surface area contributed by atoms with Crippen LogP contribution in [-0.4, -0.2) is 27.1 Å². The van der Waals surface area contributed by atoms with Gasteiger partial charge >= 0.3 is 0 Å². The quantitative estimate of drug-likeness (QED) is 0.429. The molecule has 0 bridgehead atoms. The van der Waals surface area contributed by atoms with Crippen LogP contribution >= 0.6 is 0 Å². The molecule has 0 aromatic heterocycles. The number of rotatable bonds is 10. The van der Waals surface area contributed by atoms with Gasteiger partial charge in [0, 0.05) is 12.1 Å². The molecule has 0 aliphatic heterocycles. The Kier molecular flexibility index (Phi) is 8.51. The van der Waals surface area contributed by atoms with Gasteiger partial charge in [-0.2, -0.15) is 0 Å². The SMILES string of the molecule is CCc1cccc(CC)c1N(Cc1ccc(C(=O)NC[C@@H](C)c2ccccc2)cc1)S(C)(=O)=O. The zero-order valence-corrected chi connectivity index (χ0v) is 21.2. The Balaban J connectivity index is 1.75. The highest BCUT2D eigenvalue weighted by atomic mass is 32.2. The van der Waals surface area contributed by atoms with Gasteiger partial charge in [0.2, 0.25) is 10.0 Å². The van der Waals surface area contributed by atoms with Crippen molar-refractivity contribution in [3.8, 4) is 0 Å². The Morgan fingerprint density at radius 3 is 2.00 bits per heavy atom. The molecule has 6 heteroatoms. The molecule has 3 aromatic carbocycles. The van der Waals surface area contributed by atoms with Crippen LogP contribution in [0, 0.1) is 0 Å². The maximum atomic E-state index is 12.8. The fourth-order valence-corrected chi connectivity index (χ4v) is 5.02. The van der Waals surface area contributed by atoms with Gasteiger partial charge in [-0.05, 0) is 53.1 Å². The summed E-state index contributed by atoms with van der Waals surface area (Å²) in [6, 6.07) is 23.2. The molecule has 0 aliphatic carbocycles. The van der Waals surface area contributed by atoms with E-state index in [1.807, 2.05) is 62.4 Å². The van der Waals surface area contributed by atoms with Gasteiger partial charge in [0.1, 0.15) is 0 Å². The van der Waals surface area contributed by atoms with Crippen molar-refractivity contribution in [1.82, 2.24) is 5.32 Å². The Hall–Kier alpha value is -3.12. The summed E-state index contributed by atoms with van der Waals surface area (Å²) in [7, 11) is -3.50. The van der Waals surface area contributed by atoms with Crippen LogP contribution in [0.5, 0.6) is 0 Å². The second-order valence-corrected chi connectivity index (χ2v) is 10.5. The summed E-state index contributed by atoms with van der Waals surface area (Å²) in [5.41, 5.74) is 5.34. The van der Waals surface area contributed by atoms with Crippen LogP contribution in [-0.2, 0) is 29.4 Å². The van der Waals surface area contributed by atoms with Crippen molar-refractivity contribution in [1.29, 1.82) is 0 Å². The molecular formula is C28H34N2O3S. The van der Waals surface area contributed by atoms with E-state index in [1.54, 1.807) is 12.1 Å². The first-order valence-corrected chi connectivity index (χ1v) is 13.6. The third kappa shape index (κ3) is 6.26. The van der Waals surface area contributed by atoms with Crippen LogP contribution < -0.4 is 9.62 Å². The molecule has 3 rings (SSSR count). The Bertz CT molecular complexity index is 1180. The smallest absolute Gasteiger partial charge is 0.251 e. The number of hydrogen-bond donors (Lipinski definition) is 1. The molecule has 180 valence electrons. The van der Waals surface area contributed by atoms with Gasteiger partial charge in [0.25, 0.3) is 5.91 Å². The van der Waals surface area contributed by atoms with Gasteiger partial charge in [-0.25, -0.2) is 8.42 Å². The van der Waals surface area contributed by atoms with Crippen molar-refractivity contribution >= 4 is 21.6 Å². The topological polar surface area (TPSA) is 66.5 Å². The molecule has 0 saturated heterocycles. The van der Waals surface area contributed by atoms with Crippen molar-refractivity contribution < 1.29 is 13.2 Å². The molecule has 0 spiro atoms. The third-order valence-electron chi connectivity index (χ3n) is 6.09. The maximum absolute atomic E-state index is 12.8. The largest absolute Gasteiger partial charge is 0.351 e. The first-order chi connectivity index (χ1) is 16.2. The van der Waals surface area contributed by atoms with Crippen LogP contribution in [0.2, 0.25) is 0 Å². The van der Waals surface area contributed by atoms with E-state index >= 15 is 0 Å². The number of sulfonamides is 1. The van der Waals surface area contributed by atoms with Crippen LogP contribution in [0.3, 0.4) is 0 Å². The van der Waals surface area contributed by atoms with Crippen molar-refractivity contribution in [2.75, 3.05) is 17.1 Å². The van der Waals surface area contributed by atoms with Gasteiger partial charge in [-0.15, -0.1) is 0 Å². The molecule has 1 amide bonds. The fourth-order valence-electron chi connectivity index (χ4n) is 4.07. The zero-order valence-electron chi connectivity index (χ0n) is 20.4. The lowest BCUT2D eigenvalue weighted by atomic mass is 10.0. The molecule has 0 unspecified atom stereocenters. The van der Waals surface area contributed by atoms with E-state index in [1.165, 1.54) is 16.1 Å². The van der Waals surface area contributed by atoms with E-state index in [0.717, 1.165) is 35.2 Å². The van der Waals surface area contributed by atoms with Gasteiger partial charge in [0.15, 0.2) is 0 Å². The molecule has 34 heavy (non-hydrogen) atoms. The number of benzene rings is 3. The van der Waals surface area contributed by atoms with E-state index in [9.17, 15) is 13.2 Å². The Morgan fingerprint density at radius 2 is 1.47 bits per heavy atom. The van der Waals surface area contributed by atoms with Gasteiger partial charge in [-0.3, -0.25) is 9.10 Å². The molecular weight excluding hydrogens is 444 g/mol. The predicted octanol–water partition coefficient (Wildman–Crippen LogP) is 5.31. The molecule has 0 fully saturated rings. The van der Waals surface area contributed by atoms with Crippen molar-refractivity contribution in [3.05, 3.63) is 101 Å². The molecule has 0 aliphatic rings. The normalized spacial score (nSPS) is 12.2. The van der Waals surface area contributed by atoms with Crippen LogP contribution in [0.15, 0.2) is 72.8 Å². The van der Waals surface area contributed by atoms with E-state index in [-0.39, 0.29) is 18.4 Å². The minimum absolute atomic E-state index is 0.140. The van der Waals surface area contributed by atoms with Crippen molar-refractivity contribution in [3.63, 3.8) is 0 Å². The number of hydrogen-bond acceptors (Lipinski definition) is 3.